The number of carbonyl (C=O) groups excluding carboxylic acids is 2. The first-order chi connectivity index (χ1) is 9.17. The van der Waals surface area contributed by atoms with Crippen LogP contribution < -0.4 is 4.74 Å². The minimum absolute atomic E-state index is 0.295. The van der Waals surface area contributed by atoms with Crippen molar-refractivity contribution >= 4 is 11.9 Å². The molecule has 0 N–H and O–H groups in total. The molecule has 1 aliphatic rings. The van der Waals surface area contributed by atoms with E-state index in [-0.39, 0.29) is 0 Å². The Bertz CT molecular complexity index is 507. The number of fused-ring (bicyclic) bond motifs is 1. The van der Waals surface area contributed by atoms with Crippen molar-refractivity contribution in [1.29, 1.82) is 0 Å². The number of hydrogen-bond acceptors (Lipinski definition) is 5. The van der Waals surface area contributed by atoms with E-state index in [0.29, 0.717) is 23.5 Å². The van der Waals surface area contributed by atoms with Gasteiger partial charge >= 0.3 is 11.9 Å². The number of hydrogen-bond donors (Lipinski definition) is 0. The van der Waals surface area contributed by atoms with E-state index in [1.165, 1.54) is 20.3 Å². The summed E-state index contributed by atoms with van der Waals surface area (Å²) in [7, 11) is 2.61. The summed E-state index contributed by atoms with van der Waals surface area (Å²) in [6, 6.07) is 3.13. The molecule has 0 radical (unpaired) electrons. The van der Waals surface area contributed by atoms with Crippen LogP contribution in [0.4, 0.5) is 0 Å². The average molecular weight is 264 g/mol. The van der Waals surface area contributed by atoms with Gasteiger partial charge in [-0.3, -0.25) is 0 Å². The van der Waals surface area contributed by atoms with Gasteiger partial charge in [-0.2, -0.15) is 0 Å². The highest BCUT2D eigenvalue weighted by atomic mass is 16.5. The lowest BCUT2D eigenvalue weighted by atomic mass is 9.98. The van der Waals surface area contributed by atoms with E-state index < -0.39 is 11.9 Å². The Morgan fingerprint density at radius 2 is 1.84 bits per heavy atom. The number of rotatable bonds is 2. The summed E-state index contributed by atoms with van der Waals surface area (Å²) in [4.78, 5) is 23.4. The third kappa shape index (κ3) is 2.70. The minimum atomic E-state index is -0.499. The lowest BCUT2D eigenvalue weighted by Crippen LogP contribution is -2.11. The Labute approximate surface area is 111 Å². The van der Waals surface area contributed by atoms with Gasteiger partial charge in [-0.15, -0.1) is 0 Å². The maximum Gasteiger partial charge on any atom is 0.338 e. The van der Waals surface area contributed by atoms with Gasteiger partial charge in [0, 0.05) is 5.56 Å². The van der Waals surface area contributed by atoms with E-state index in [9.17, 15) is 9.59 Å². The van der Waals surface area contributed by atoms with Gasteiger partial charge in [0.05, 0.1) is 32.0 Å². The van der Waals surface area contributed by atoms with E-state index in [0.717, 1.165) is 24.8 Å². The van der Waals surface area contributed by atoms with E-state index >= 15 is 0 Å². The second kappa shape index (κ2) is 5.73. The molecule has 0 aromatic heterocycles. The molecule has 0 saturated carbocycles. The molecular weight excluding hydrogens is 248 g/mol. The Balaban J connectivity index is 2.55. The van der Waals surface area contributed by atoms with E-state index in [4.69, 9.17) is 9.47 Å². The van der Waals surface area contributed by atoms with Crippen molar-refractivity contribution in [2.24, 2.45) is 0 Å². The van der Waals surface area contributed by atoms with Crippen molar-refractivity contribution in [2.45, 2.75) is 19.3 Å². The highest BCUT2D eigenvalue weighted by molar-refractivity contribution is 5.97. The van der Waals surface area contributed by atoms with Crippen LogP contribution in [0, 0.1) is 0 Å². The van der Waals surface area contributed by atoms with Crippen molar-refractivity contribution in [1.82, 2.24) is 0 Å². The van der Waals surface area contributed by atoms with Gasteiger partial charge in [-0.25, -0.2) is 9.59 Å². The highest BCUT2D eigenvalue weighted by Crippen LogP contribution is 2.30. The zero-order valence-electron chi connectivity index (χ0n) is 11.0. The number of carbonyl (C=O) groups is 2. The zero-order valence-corrected chi connectivity index (χ0v) is 11.0. The standard InChI is InChI=1S/C14H16O5/c1-17-13(15)9-7-11(14(16)18-2)10-5-3-4-6-19-12(10)8-9/h7-8H,3-6H2,1-2H3. The van der Waals surface area contributed by atoms with Crippen LogP contribution in [0.25, 0.3) is 0 Å². The number of ether oxygens (including phenoxy) is 3. The molecule has 0 atom stereocenters. The second-order valence-electron chi connectivity index (χ2n) is 4.29. The number of benzene rings is 1. The summed E-state index contributed by atoms with van der Waals surface area (Å²) in [5, 5.41) is 0. The average Bonchev–Trinajstić information content (AvgIpc) is 2.69. The molecule has 5 heteroatoms. The maximum absolute atomic E-state index is 11.8. The summed E-state index contributed by atoms with van der Waals surface area (Å²) in [6.07, 6.45) is 2.60. The summed E-state index contributed by atoms with van der Waals surface area (Å²) < 4.78 is 15.0. The minimum Gasteiger partial charge on any atom is -0.493 e. The first-order valence-corrected chi connectivity index (χ1v) is 6.13. The van der Waals surface area contributed by atoms with Gasteiger partial charge in [0.1, 0.15) is 5.75 Å². The highest BCUT2D eigenvalue weighted by Gasteiger charge is 2.22. The van der Waals surface area contributed by atoms with Gasteiger partial charge in [0.15, 0.2) is 0 Å². The lowest BCUT2D eigenvalue weighted by Gasteiger charge is -2.13. The lowest BCUT2D eigenvalue weighted by molar-refractivity contribution is 0.0597. The smallest absolute Gasteiger partial charge is 0.338 e. The fraction of sp³-hybridized carbons (Fsp3) is 0.429. The van der Waals surface area contributed by atoms with Gasteiger partial charge in [-0.05, 0) is 31.4 Å². The Hall–Kier alpha value is -2.04. The molecule has 1 aromatic rings. The topological polar surface area (TPSA) is 61.8 Å². The predicted molar refractivity (Wildman–Crippen MR) is 67.6 cm³/mol. The third-order valence-electron chi connectivity index (χ3n) is 3.11. The fourth-order valence-corrected chi connectivity index (χ4v) is 2.15. The fourth-order valence-electron chi connectivity index (χ4n) is 2.15. The summed E-state index contributed by atoms with van der Waals surface area (Å²) in [5.74, 6) is -0.394. The normalized spacial score (nSPS) is 13.8. The Morgan fingerprint density at radius 1 is 1.11 bits per heavy atom. The molecule has 0 fully saturated rings. The van der Waals surface area contributed by atoms with Gasteiger partial charge in [0.25, 0.3) is 0 Å². The van der Waals surface area contributed by atoms with Gasteiger partial charge in [-0.1, -0.05) is 0 Å². The van der Waals surface area contributed by atoms with Gasteiger partial charge < -0.3 is 14.2 Å². The van der Waals surface area contributed by atoms with Crippen molar-refractivity contribution in [3.63, 3.8) is 0 Å². The van der Waals surface area contributed by atoms with Gasteiger partial charge in [0.2, 0.25) is 0 Å². The molecule has 0 amide bonds. The Kier molecular flexibility index (Phi) is 4.04. The first-order valence-electron chi connectivity index (χ1n) is 6.13. The predicted octanol–water partition coefficient (Wildman–Crippen LogP) is 1.97. The third-order valence-corrected chi connectivity index (χ3v) is 3.11. The van der Waals surface area contributed by atoms with Crippen molar-refractivity contribution < 1.29 is 23.8 Å². The van der Waals surface area contributed by atoms with Crippen LogP contribution in [0.3, 0.4) is 0 Å². The van der Waals surface area contributed by atoms with Crippen LogP contribution in [-0.2, 0) is 15.9 Å². The van der Waals surface area contributed by atoms with Crippen LogP contribution >= 0.6 is 0 Å². The molecule has 1 aromatic carbocycles. The van der Waals surface area contributed by atoms with Crippen molar-refractivity contribution in [3.8, 4) is 5.75 Å². The maximum atomic E-state index is 11.8. The van der Waals surface area contributed by atoms with Crippen LogP contribution in [-0.4, -0.2) is 32.8 Å². The van der Waals surface area contributed by atoms with E-state index in [1.54, 1.807) is 6.07 Å². The van der Waals surface area contributed by atoms with E-state index in [2.05, 4.69) is 4.74 Å². The molecule has 0 saturated heterocycles. The molecule has 1 heterocycles. The molecule has 0 spiro atoms. The molecule has 0 aliphatic carbocycles. The number of esters is 2. The second-order valence-corrected chi connectivity index (χ2v) is 4.29. The molecular formula is C14H16O5. The molecule has 0 bridgehead atoms. The van der Waals surface area contributed by atoms with Crippen LogP contribution in [0.15, 0.2) is 12.1 Å². The van der Waals surface area contributed by atoms with E-state index in [1.807, 2.05) is 0 Å². The van der Waals surface area contributed by atoms with Crippen LogP contribution in [0.5, 0.6) is 5.75 Å². The summed E-state index contributed by atoms with van der Waals surface area (Å²) >= 11 is 0. The van der Waals surface area contributed by atoms with Crippen molar-refractivity contribution in [3.05, 3.63) is 28.8 Å². The van der Waals surface area contributed by atoms with Crippen LogP contribution in [0.1, 0.15) is 39.1 Å². The quantitative estimate of drug-likeness (QED) is 0.764. The Morgan fingerprint density at radius 3 is 2.53 bits per heavy atom. The molecule has 2 rings (SSSR count). The van der Waals surface area contributed by atoms with Crippen LogP contribution in [0.2, 0.25) is 0 Å². The zero-order chi connectivity index (χ0) is 13.8. The first kappa shape index (κ1) is 13.4. The monoisotopic (exact) mass is 264 g/mol. The summed E-state index contributed by atoms with van der Waals surface area (Å²) in [5.41, 5.74) is 1.47. The molecule has 0 unspecified atom stereocenters. The molecule has 1 aliphatic heterocycles. The molecule has 19 heavy (non-hydrogen) atoms. The summed E-state index contributed by atoms with van der Waals surface area (Å²) in [6.45, 7) is 0.582. The van der Waals surface area contributed by atoms with Crippen molar-refractivity contribution in [2.75, 3.05) is 20.8 Å². The molecule has 5 nitrogen and oxygen atoms in total. The number of methoxy groups -OCH3 is 2. The SMILES string of the molecule is COC(=O)c1cc2c(c(C(=O)OC)c1)CCCCO2. The molecule has 102 valence electrons. The largest absolute Gasteiger partial charge is 0.493 e.